The topological polar surface area (TPSA) is 43.8 Å². The van der Waals surface area contributed by atoms with Gasteiger partial charge < -0.3 is 10.3 Å². The molecule has 0 aliphatic heterocycles. The number of nitrogens with two attached hydrogens (primary N) is 1. The van der Waals surface area contributed by atoms with Crippen LogP contribution in [0.3, 0.4) is 0 Å². The summed E-state index contributed by atoms with van der Waals surface area (Å²) in [5.41, 5.74) is 8.16. The third-order valence-electron chi connectivity index (χ3n) is 3.00. The van der Waals surface area contributed by atoms with E-state index < -0.39 is 0 Å². The molecule has 0 radical (unpaired) electrons. The first-order valence-corrected chi connectivity index (χ1v) is 7.08. The Labute approximate surface area is 116 Å². The summed E-state index contributed by atoms with van der Waals surface area (Å²) in [6.07, 6.45) is 2.04. The number of rotatable bonds is 4. The van der Waals surface area contributed by atoms with Crippen LogP contribution >= 0.6 is 15.9 Å². The Morgan fingerprint density at radius 1 is 1.28 bits per heavy atom. The number of anilines is 1. The van der Waals surface area contributed by atoms with Gasteiger partial charge in [-0.15, -0.1) is 0 Å². The molecule has 1 aromatic carbocycles. The molecule has 18 heavy (non-hydrogen) atoms. The Hall–Kier alpha value is -1.29. The smallest absolute Gasteiger partial charge is 0.131 e. The monoisotopic (exact) mass is 307 g/mol. The Bertz CT molecular complexity index is 546. The second-order valence-corrected chi connectivity index (χ2v) is 5.09. The highest BCUT2D eigenvalue weighted by Gasteiger charge is 2.16. The second kappa shape index (κ2) is 5.57. The normalized spacial score (nSPS) is 10.8. The fraction of sp³-hybridized carbons (Fsp3) is 0.357. The molecule has 0 saturated carbocycles. The summed E-state index contributed by atoms with van der Waals surface area (Å²) in [4.78, 5) is 4.71. The number of aryl methyl sites for hydroxylation is 1. The van der Waals surface area contributed by atoms with Gasteiger partial charge in [0.15, 0.2) is 0 Å². The van der Waals surface area contributed by atoms with Crippen LogP contribution in [0, 0.1) is 0 Å². The van der Waals surface area contributed by atoms with Crippen LogP contribution in [-0.2, 0) is 13.0 Å². The van der Waals surface area contributed by atoms with E-state index in [1.165, 1.54) is 0 Å². The van der Waals surface area contributed by atoms with E-state index >= 15 is 0 Å². The van der Waals surface area contributed by atoms with Gasteiger partial charge in [0.2, 0.25) is 0 Å². The van der Waals surface area contributed by atoms with Crippen molar-refractivity contribution in [3.8, 4) is 11.3 Å². The Balaban J connectivity index is 2.55. The van der Waals surface area contributed by atoms with Crippen molar-refractivity contribution in [2.45, 2.75) is 33.2 Å². The van der Waals surface area contributed by atoms with Gasteiger partial charge in [-0.3, -0.25) is 0 Å². The maximum absolute atomic E-state index is 6.23. The van der Waals surface area contributed by atoms with Crippen molar-refractivity contribution in [2.75, 3.05) is 5.73 Å². The zero-order valence-electron chi connectivity index (χ0n) is 10.8. The van der Waals surface area contributed by atoms with Gasteiger partial charge >= 0.3 is 0 Å². The third kappa shape index (κ3) is 2.29. The Morgan fingerprint density at radius 3 is 2.61 bits per heavy atom. The van der Waals surface area contributed by atoms with Crippen molar-refractivity contribution < 1.29 is 0 Å². The van der Waals surface area contributed by atoms with Gasteiger partial charge in [-0.2, -0.15) is 0 Å². The molecule has 0 unspecified atom stereocenters. The summed E-state index contributed by atoms with van der Waals surface area (Å²) in [7, 11) is 0. The molecule has 96 valence electrons. The number of hydrogen-bond donors (Lipinski definition) is 1. The molecule has 2 rings (SSSR count). The summed E-state index contributed by atoms with van der Waals surface area (Å²) in [5, 5.41) is 0. The first-order chi connectivity index (χ1) is 8.69. The molecule has 0 aliphatic rings. The van der Waals surface area contributed by atoms with Gasteiger partial charge in [-0.1, -0.05) is 41.1 Å². The Kier molecular flexibility index (Phi) is 4.07. The number of aromatic nitrogens is 2. The molecule has 2 aromatic rings. The SMILES string of the molecule is CCCc1nc(-c2ccccc2Br)c(N)n1CC. The van der Waals surface area contributed by atoms with Crippen molar-refractivity contribution in [2.24, 2.45) is 0 Å². The molecule has 0 spiro atoms. The molecule has 2 N–H and O–H groups in total. The number of hydrogen-bond acceptors (Lipinski definition) is 2. The van der Waals surface area contributed by atoms with E-state index in [-0.39, 0.29) is 0 Å². The lowest BCUT2D eigenvalue weighted by Gasteiger charge is -2.05. The summed E-state index contributed by atoms with van der Waals surface area (Å²) in [6, 6.07) is 8.05. The van der Waals surface area contributed by atoms with Crippen LogP contribution < -0.4 is 5.73 Å². The van der Waals surface area contributed by atoms with E-state index in [0.29, 0.717) is 0 Å². The first-order valence-electron chi connectivity index (χ1n) is 6.28. The van der Waals surface area contributed by atoms with Crippen LogP contribution in [-0.4, -0.2) is 9.55 Å². The van der Waals surface area contributed by atoms with Crippen molar-refractivity contribution in [1.82, 2.24) is 9.55 Å². The van der Waals surface area contributed by atoms with Crippen LogP contribution in [0.25, 0.3) is 11.3 Å². The van der Waals surface area contributed by atoms with Gasteiger partial charge in [0.1, 0.15) is 17.3 Å². The number of benzene rings is 1. The van der Waals surface area contributed by atoms with E-state index in [1.807, 2.05) is 24.3 Å². The van der Waals surface area contributed by atoms with E-state index in [2.05, 4.69) is 34.3 Å². The molecule has 3 nitrogen and oxygen atoms in total. The summed E-state index contributed by atoms with van der Waals surface area (Å²) in [6.45, 7) is 5.11. The predicted molar refractivity (Wildman–Crippen MR) is 79.4 cm³/mol. The molecule has 4 heteroatoms. The molecule has 1 heterocycles. The molecular weight excluding hydrogens is 290 g/mol. The van der Waals surface area contributed by atoms with Gasteiger partial charge in [0.05, 0.1) is 0 Å². The zero-order chi connectivity index (χ0) is 13.1. The fourth-order valence-corrected chi connectivity index (χ4v) is 2.60. The zero-order valence-corrected chi connectivity index (χ0v) is 12.4. The molecule has 0 aliphatic carbocycles. The maximum atomic E-state index is 6.23. The highest BCUT2D eigenvalue weighted by atomic mass is 79.9. The maximum Gasteiger partial charge on any atom is 0.131 e. The van der Waals surface area contributed by atoms with Gasteiger partial charge in [0.25, 0.3) is 0 Å². The van der Waals surface area contributed by atoms with E-state index in [1.54, 1.807) is 0 Å². The number of halogens is 1. The van der Waals surface area contributed by atoms with Crippen LogP contribution in [0.15, 0.2) is 28.7 Å². The lowest BCUT2D eigenvalue weighted by molar-refractivity contribution is 0.690. The molecule has 0 atom stereocenters. The van der Waals surface area contributed by atoms with Crippen LogP contribution in [0.4, 0.5) is 5.82 Å². The lowest BCUT2D eigenvalue weighted by atomic mass is 10.1. The minimum Gasteiger partial charge on any atom is -0.383 e. The van der Waals surface area contributed by atoms with Crippen molar-refractivity contribution >= 4 is 21.7 Å². The standard InChI is InChI=1S/C14H18BrN3/c1-3-7-12-17-13(14(16)18(12)4-2)10-8-5-6-9-11(10)15/h5-6,8-9H,3-4,7,16H2,1-2H3. The quantitative estimate of drug-likeness (QED) is 0.932. The number of nitrogen functional groups attached to an aromatic ring is 1. The number of nitrogens with zero attached hydrogens (tertiary/aromatic N) is 2. The summed E-state index contributed by atoms with van der Waals surface area (Å²) in [5.74, 6) is 1.83. The molecule has 0 amide bonds. The van der Waals surface area contributed by atoms with Crippen LogP contribution in [0.5, 0.6) is 0 Å². The van der Waals surface area contributed by atoms with Gasteiger partial charge in [-0.05, 0) is 19.4 Å². The molecular formula is C14H18BrN3. The summed E-state index contributed by atoms with van der Waals surface area (Å²) < 4.78 is 3.12. The highest BCUT2D eigenvalue weighted by Crippen LogP contribution is 2.32. The largest absolute Gasteiger partial charge is 0.383 e. The first kappa shape index (κ1) is 13.1. The van der Waals surface area contributed by atoms with Crippen LogP contribution in [0.1, 0.15) is 26.1 Å². The minimum absolute atomic E-state index is 0.757. The average Bonchev–Trinajstić information content (AvgIpc) is 2.67. The molecule has 0 fully saturated rings. The van der Waals surface area contributed by atoms with Crippen molar-refractivity contribution in [1.29, 1.82) is 0 Å². The van der Waals surface area contributed by atoms with Crippen molar-refractivity contribution in [3.63, 3.8) is 0 Å². The van der Waals surface area contributed by atoms with E-state index in [4.69, 9.17) is 10.7 Å². The van der Waals surface area contributed by atoms with Crippen LogP contribution in [0.2, 0.25) is 0 Å². The summed E-state index contributed by atoms with van der Waals surface area (Å²) >= 11 is 3.56. The van der Waals surface area contributed by atoms with Crippen molar-refractivity contribution in [3.05, 3.63) is 34.6 Å². The van der Waals surface area contributed by atoms with Gasteiger partial charge in [0, 0.05) is 23.0 Å². The average molecular weight is 308 g/mol. The molecule has 0 bridgehead atoms. The van der Waals surface area contributed by atoms with E-state index in [0.717, 1.165) is 46.8 Å². The fourth-order valence-electron chi connectivity index (χ4n) is 2.13. The van der Waals surface area contributed by atoms with E-state index in [9.17, 15) is 0 Å². The third-order valence-corrected chi connectivity index (χ3v) is 3.70. The predicted octanol–water partition coefficient (Wildman–Crippen LogP) is 3.87. The minimum atomic E-state index is 0.757. The second-order valence-electron chi connectivity index (χ2n) is 4.24. The highest BCUT2D eigenvalue weighted by molar-refractivity contribution is 9.10. The Morgan fingerprint density at radius 2 is 2.00 bits per heavy atom. The number of imidazole rings is 1. The molecule has 1 aromatic heterocycles. The molecule has 0 saturated heterocycles. The lowest BCUT2D eigenvalue weighted by Crippen LogP contribution is -2.05. The van der Waals surface area contributed by atoms with Gasteiger partial charge in [-0.25, -0.2) is 4.98 Å².